The van der Waals surface area contributed by atoms with E-state index >= 15 is 0 Å². The predicted octanol–water partition coefficient (Wildman–Crippen LogP) is 0.582. The summed E-state index contributed by atoms with van der Waals surface area (Å²) in [6.45, 7) is 8.82. The largest absolute Gasteiger partial charge is 0.354 e. The molecule has 21 heavy (non-hydrogen) atoms. The maximum atomic E-state index is 11.7. The monoisotopic (exact) mass is 293 g/mol. The van der Waals surface area contributed by atoms with E-state index in [9.17, 15) is 4.79 Å². The van der Waals surface area contributed by atoms with Crippen molar-refractivity contribution < 1.29 is 0 Å². The topological polar surface area (TPSA) is 78.2 Å². The molecule has 2 rings (SSSR count). The maximum absolute atomic E-state index is 11.7. The number of aromatic nitrogens is 2. The summed E-state index contributed by atoms with van der Waals surface area (Å²) in [6.07, 6.45) is 2.94. The van der Waals surface area contributed by atoms with E-state index in [4.69, 9.17) is 5.73 Å². The molecule has 0 amide bonds. The summed E-state index contributed by atoms with van der Waals surface area (Å²) in [4.78, 5) is 23.7. The number of aromatic amines is 1. The van der Waals surface area contributed by atoms with Crippen LogP contribution in [-0.2, 0) is 6.42 Å². The smallest absolute Gasteiger partial charge is 0.252 e. The summed E-state index contributed by atoms with van der Waals surface area (Å²) in [5.41, 5.74) is 5.63. The molecular weight excluding hydrogens is 266 g/mol. The van der Waals surface area contributed by atoms with Crippen LogP contribution in [0.15, 0.2) is 10.9 Å². The van der Waals surface area contributed by atoms with Crippen LogP contribution in [0.1, 0.15) is 32.5 Å². The second-order valence-electron chi connectivity index (χ2n) is 5.57. The van der Waals surface area contributed by atoms with Crippen LogP contribution in [0.3, 0.4) is 0 Å². The summed E-state index contributed by atoms with van der Waals surface area (Å²) in [5, 5.41) is 0. The van der Waals surface area contributed by atoms with Crippen molar-refractivity contribution in [3.05, 3.63) is 22.2 Å². The minimum atomic E-state index is -0.0613. The third-order valence-electron chi connectivity index (χ3n) is 4.24. The van der Waals surface area contributed by atoms with E-state index < -0.39 is 0 Å². The number of nitrogens with zero attached hydrogens (tertiary/aromatic N) is 3. The fraction of sp³-hybridized carbons (Fsp3) is 0.733. The lowest BCUT2D eigenvalue weighted by atomic mass is 10.1. The molecule has 0 aliphatic carbocycles. The number of nitrogens with two attached hydrogens (primary N) is 1. The Balaban J connectivity index is 2.00. The Morgan fingerprint density at radius 3 is 2.62 bits per heavy atom. The van der Waals surface area contributed by atoms with Gasteiger partial charge in [0.05, 0.1) is 0 Å². The highest BCUT2D eigenvalue weighted by Crippen LogP contribution is 2.16. The Morgan fingerprint density at radius 2 is 2.05 bits per heavy atom. The van der Waals surface area contributed by atoms with Crippen LogP contribution >= 0.6 is 0 Å². The van der Waals surface area contributed by atoms with Crippen LogP contribution < -0.4 is 16.2 Å². The summed E-state index contributed by atoms with van der Waals surface area (Å²) < 4.78 is 0. The number of hydrogen-bond acceptors (Lipinski definition) is 5. The highest BCUT2D eigenvalue weighted by molar-refractivity contribution is 5.38. The molecule has 1 aromatic heterocycles. The minimum absolute atomic E-state index is 0.0613. The first-order chi connectivity index (χ1) is 10.2. The molecule has 1 saturated heterocycles. The van der Waals surface area contributed by atoms with Gasteiger partial charge >= 0.3 is 0 Å². The van der Waals surface area contributed by atoms with Gasteiger partial charge in [0.15, 0.2) is 0 Å². The standard InChI is InChI=1S/C15H27N5O/c1-3-12(5-6-16)19-7-9-20(10-8-19)14-11-15(21)18-13(4-2)17-14/h11-12H,3-10,16H2,1-2H3,(H,17,18,21). The summed E-state index contributed by atoms with van der Waals surface area (Å²) >= 11 is 0. The molecule has 3 N–H and O–H groups in total. The molecule has 1 aliphatic heterocycles. The van der Waals surface area contributed by atoms with Gasteiger partial charge in [-0.25, -0.2) is 4.98 Å². The Labute approximate surface area is 126 Å². The number of nitrogens with one attached hydrogen (secondary N) is 1. The van der Waals surface area contributed by atoms with E-state index in [0.29, 0.717) is 6.04 Å². The average Bonchev–Trinajstić information content (AvgIpc) is 2.52. The van der Waals surface area contributed by atoms with Crippen molar-refractivity contribution in [3.8, 4) is 0 Å². The van der Waals surface area contributed by atoms with E-state index in [1.54, 1.807) is 6.07 Å². The van der Waals surface area contributed by atoms with Gasteiger partial charge in [0.1, 0.15) is 11.6 Å². The van der Waals surface area contributed by atoms with Gasteiger partial charge in [-0.2, -0.15) is 0 Å². The molecule has 1 fully saturated rings. The Hall–Kier alpha value is -1.40. The number of hydrogen-bond donors (Lipinski definition) is 2. The Bertz CT molecular complexity index is 493. The minimum Gasteiger partial charge on any atom is -0.354 e. The molecule has 2 heterocycles. The molecule has 0 radical (unpaired) electrons. The summed E-state index contributed by atoms with van der Waals surface area (Å²) in [5.74, 6) is 1.57. The van der Waals surface area contributed by atoms with Gasteiger partial charge in [-0.05, 0) is 19.4 Å². The lowest BCUT2D eigenvalue weighted by Crippen LogP contribution is -2.51. The van der Waals surface area contributed by atoms with Gasteiger partial charge < -0.3 is 15.6 Å². The summed E-state index contributed by atoms with van der Waals surface area (Å²) in [6, 6.07) is 2.18. The second kappa shape index (κ2) is 7.56. The lowest BCUT2D eigenvalue weighted by Gasteiger charge is -2.39. The number of aryl methyl sites for hydroxylation is 1. The fourth-order valence-corrected chi connectivity index (χ4v) is 2.98. The molecule has 1 unspecified atom stereocenters. The van der Waals surface area contributed by atoms with Crippen molar-refractivity contribution in [1.82, 2.24) is 14.9 Å². The van der Waals surface area contributed by atoms with Crippen LogP contribution in [0, 0.1) is 0 Å². The van der Waals surface area contributed by atoms with Crippen LogP contribution in [0.25, 0.3) is 0 Å². The van der Waals surface area contributed by atoms with Crippen molar-refractivity contribution >= 4 is 5.82 Å². The highest BCUT2D eigenvalue weighted by Gasteiger charge is 2.23. The zero-order chi connectivity index (χ0) is 15.2. The van der Waals surface area contributed by atoms with Crippen molar-refractivity contribution in [1.29, 1.82) is 0 Å². The molecule has 1 aliphatic rings. The van der Waals surface area contributed by atoms with Crippen molar-refractivity contribution in [2.75, 3.05) is 37.6 Å². The van der Waals surface area contributed by atoms with Crippen molar-refractivity contribution in [3.63, 3.8) is 0 Å². The molecular formula is C15H27N5O. The number of H-pyrrole nitrogens is 1. The van der Waals surface area contributed by atoms with E-state index in [1.807, 2.05) is 6.92 Å². The molecule has 0 aromatic carbocycles. The fourth-order valence-electron chi connectivity index (χ4n) is 2.98. The lowest BCUT2D eigenvalue weighted by molar-refractivity contribution is 0.173. The Morgan fingerprint density at radius 1 is 1.33 bits per heavy atom. The van der Waals surface area contributed by atoms with Gasteiger partial charge in [-0.1, -0.05) is 13.8 Å². The van der Waals surface area contributed by atoms with Gasteiger partial charge in [0.2, 0.25) is 0 Å². The van der Waals surface area contributed by atoms with Gasteiger partial charge in [0, 0.05) is 44.7 Å². The van der Waals surface area contributed by atoms with Crippen LogP contribution in [-0.4, -0.2) is 53.6 Å². The zero-order valence-electron chi connectivity index (χ0n) is 13.1. The first-order valence-electron chi connectivity index (χ1n) is 7.97. The SMILES string of the molecule is CCc1nc(N2CCN(C(CC)CCN)CC2)cc(=O)[nH]1. The van der Waals surface area contributed by atoms with Crippen molar-refractivity contribution in [2.45, 2.75) is 39.2 Å². The normalized spacial score (nSPS) is 18.0. The number of rotatable bonds is 6. The Kier molecular flexibility index (Phi) is 5.76. The van der Waals surface area contributed by atoms with Gasteiger partial charge in [0.25, 0.3) is 5.56 Å². The molecule has 6 nitrogen and oxygen atoms in total. The van der Waals surface area contributed by atoms with Crippen molar-refractivity contribution in [2.24, 2.45) is 5.73 Å². The first-order valence-corrected chi connectivity index (χ1v) is 7.97. The quantitative estimate of drug-likeness (QED) is 0.802. The van der Waals surface area contributed by atoms with E-state index in [2.05, 4.69) is 26.7 Å². The maximum Gasteiger partial charge on any atom is 0.252 e. The molecule has 6 heteroatoms. The van der Waals surface area contributed by atoms with Gasteiger partial charge in [-0.3, -0.25) is 9.69 Å². The summed E-state index contributed by atoms with van der Waals surface area (Å²) in [7, 11) is 0. The zero-order valence-corrected chi connectivity index (χ0v) is 13.1. The molecule has 0 spiro atoms. The van der Waals surface area contributed by atoms with Crippen LogP contribution in [0.2, 0.25) is 0 Å². The highest BCUT2D eigenvalue weighted by atomic mass is 16.1. The van der Waals surface area contributed by atoms with E-state index in [1.165, 1.54) is 0 Å². The molecule has 1 aromatic rings. The third-order valence-corrected chi connectivity index (χ3v) is 4.24. The number of anilines is 1. The van der Waals surface area contributed by atoms with Gasteiger partial charge in [-0.15, -0.1) is 0 Å². The van der Waals surface area contributed by atoms with E-state index in [-0.39, 0.29) is 5.56 Å². The molecule has 1 atom stereocenters. The molecule has 0 bridgehead atoms. The van der Waals surface area contributed by atoms with E-state index in [0.717, 1.165) is 63.6 Å². The predicted molar refractivity (Wildman–Crippen MR) is 85.8 cm³/mol. The molecule has 0 saturated carbocycles. The van der Waals surface area contributed by atoms with Crippen LogP contribution in [0.4, 0.5) is 5.82 Å². The average molecular weight is 293 g/mol. The third kappa shape index (κ3) is 4.04. The molecule has 118 valence electrons. The number of piperazine rings is 1. The second-order valence-corrected chi connectivity index (χ2v) is 5.57. The van der Waals surface area contributed by atoms with Crippen LogP contribution in [0.5, 0.6) is 0 Å². The first kappa shape index (κ1) is 16.0.